The van der Waals surface area contributed by atoms with Crippen LogP contribution in [0.15, 0.2) is 17.5 Å². The van der Waals surface area contributed by atoms with Crippen molar-refractivity contribution >= 4 is 43.6 Å². The van der Waals surface area contributed by atoms with Crippen LogP contribution in [0, 0.1) is 0 Å². The lowest BCUT2D eigenvalue weighted by atomic mass is 10.8. The summed E-state index contributed by atoms with van der Waals surface area (Å²) in [6.45, 7) is 0. The van der Waals surface area contributed by atoms with Crippen LogP contribution in [0.5, 0.6) is 0 Å². The quantitative estimate of drug-likeness (QED) is 0.567. The zero-order valence-corrected chi connectivity index (χ0v) is 7.38. The largest absolute Gasteiger partial charge is 0.283 e. The SMILES string of the molecule is Cl.Cl.Cl.NN1C=CNN=C1. The number of hydrazine groups is 1. The van der Waals surface area contributed by atoms with Crippen molar-refractivity contribution in [1.82, 2.24) is 10.4 Å². The van der Waals surface area contributed by atoms with Crippen molar-refractivity contribution in [2.45, 2.75) is 0 Å². The molecule has 4 nitrogen and oxygen atoms in total. The summed E-state index contributed by atoms with van der Waals surface area (Å²) in [5, 5.41) is 4.95. The van der Waals surface area contributed by atoms with Gasteiger partial charge in [0.25, 0.3) is 0 Å². The number of nitrogens with zero attached hydrogens (tertiary/aromatic N) is 2. The van der Waals surface area contributed by atoms with Crippen LogP contribution in [0.4, 0.5) is 0 Å². The highest BCUT2D eigenvalue weighted by molar-refractivity contribution is 5.86. The molecule has 0 aliphatic carbocycles. The summed E-state index contributed by atoms with van der Waals surface area (Å²) in [7, 11) is 0. The number of rotatable bonds is 0. The van der Waals surface area contributed by atoms with Gasteiger partial charge < -0.3 is 0 Å². The molecule has 3 N–H and O–H groups in total. The molecule has 1 aliphatic heterocycles. The first kappa shape index (κ1) is 16.4. The van der Waals surface area contributed by atoms with E-state index in [4.69, 9.17) is 5.84 Å². The van der Waals surface area contributed by atoms with Crippen LogP contribution < -0.4 is 11.3 Å². The van der Waals surface area contributed by atoms with Gasteiger partial charge in [-0.2, -0.15) is 5.10 Å². The Morgan fingerprint density at radius 3 is 2.10 bits per heavy atom. The van der Waals surface area contributed by atoms with E-state index >= 15 is 0 Å². The molecule has 0 aromatic rings. The fourth-order valence-corrected chi connectivity index (χ4v) is 0.301. The van der Waals surface area contributed by atoms with E-state index in [1.807, 2.05) is 0 Å². The molecule has 0 aromatic carbocycles. The first-order valence-electron chi connectivity index (χ1n) is 1.88. The van der Waals surface area contributed by atoms with E-state index in [1.54, 1.807) is 12.4 Å². The molecule has 0 saturated carbocycles. The summed E-state index contributed by atoms with van der Waals surface area (Å²) >= 11 is 0. The molecule has 7 heteroatoms. The summed E-state index contributed by atoms with van der Waals surface area (Å²) in [4.78, 5) is 0. The summed E-state index contributed by atoms with van der Waals surface area (Å²) in [5.41, 5.74) is 2.58. The van der Waals surface area contributed by atoms with Crippen molar-refractivity contribution in [2.24, 2.45) is 10.9 Å². The number of hydrazone groups is 1. The first-order chi connectivity index (χ1) is 3.39. The zero-order chi connectivity index (χ0) is 5.11. The van der Waals surface area contributed by atoms with Gasteiger partial charge in [0.2, 0.25) is 0 Å². The molecule has 0 unspecified atom stereocenters. The number of nitrogens with two attached hydrogens (primary N) is 1. The van der Waals surface area contributed by atoms with Gasteiger partial charge in [0.1, 0.15) is 6.34 Å². The Labute approximate surface area is 77.7 Å². The number of hydrogen-bond donors (Lipinski definition) is 2. The van der Waals surface area contributed by atoms with Crippen molar-refractivity contribution in [1.29, 1.82) is 0 Å². The molecule has 1 heterocycles. The van der Waals surface area contributed by atoms with E-state index in [9.17, 15) is 0 Å². The van der Waals surface area contributed by atoms with Gasteiger partial charge >= 0.3 is 0 Å². The molecule has 0 bridgehead atoms. The second kappa shape index (κ2) is 8.84. The fourth-order valence-electron chi connectivity index (χ4n) is 0.301. The van der Waals surface area contributed by atoms with E-state index in [-0.39, 0.29) is 37.2 Å². The van der Waals surface area contributed by atoms with Crippen LogP contribution in [-0.4, -0.2) is 11.3 Å². The molecule has 62 valence electrons. The monoisotopic (exact) mass is 206 g/mol. The summed E-state index contributed by atoms with van der Waals surface area (Å²) in [6.07, 6.45) is 4.77. The number of halogens is 3. The van der Waals surface area contributed by atoms with Gasteiger partial charge in [0, 0.05) is 12.4 Å². The van der Waals surface area contributed by atoms with Crippen LogP contribution in [-0.2, 0) is 0 Å². The molecule has 0 spiro atoms. The highest BCUT2D eigenvalue weighted by atomic mass is 35.5. The highest BCUT2D eigenvalue weighted by Crippen LogP contribution is 1.77. The maximum absolute atomic E-state index is 5.19. The Morgan fingerprint density at radius 1 is 1.30 bits per heavy atom. The molecule has 1 rings (SSSR count). The summed E-state index contributed by atoms with van der Waals surface area (Å²) in [6, 6.07) is 0. The Morgan fingerprint density at radius 2 is 1.90 bits per heavy atom. The highest BCUT2D eigenvalue weighted by Gasteiger charge is 1.84. The van der Waals surface area contributed by atoms with Gasteiger partial charge in [-0.25, -0.2) is 5.84 Å². The Hall–Kier alpha value is -0.160. The third kappa shape index (κ3) is 5.97. The Bertz CT molecular complexity index is 102. The zero-order valence-electron chi connectivity index (χ0n) is 4.93. The molecule has 1 aliphatic rings. The van der Waals surface area contributed by atoms with Gasteiger partial charge in [-0.05, 0) is 0 Å². The predicted molar refractivity (Wildman–Crippen MR) is 48.5 cm³/mol. The predicted octanol–water partition coefficient (Wildman–Crippen LogP) is 0.445. The van der Waals surface area contributed by atoms with Gasteiger partial charge in [-0.15, -0.1) is 37.2 Å². The van der Waals surface area contributed by atoms with Gasteiger partial charge in [0.05, 0.1) is 0 Å². The fraction of sp³-hybridized carbons (Fsp3) is 0. The smallest absolute Gasteiger partial charge is 0.129 e. The second-order valence-electron chi connectivity index (χ2n) is 1.14. The van der Waals surface area contributed by atoms with E-state index in [1.165, 1.54) is 11.3 Å². The molecule has 0 radical (unpaired) electrons. The van der Waals surface area contributed by atoms with Crippen LogP contribution in [0.25, 0.3) is 0 Å². The third-order valence-corrected chi connectivity index (χ3v) is 0.587. The average Bonchev–Trinajstić information content (AvgIpc) is 1.69. The molecule has 0 fully saturated rings. The maximum Gasteiger partial charge on any atom is 0.129 e. The minimum atomic E-state index is 0. The minimum Gasteiger partial charge on any atom is -0.283 e. The molecular weight excluding hydrogens is 198 g/mol. The van der Waals surface area contributed by atoms with E-state index in [0.29, 0.717) is 0 Å². The van der Waals surface area contributed by atoms with Crippen molar-refractivity contribution in [3.8, 4) is 0 Å². The normalized spacial score (nSPS) is 11.9. The van der Waals surface area contributed by atoms with Crippen molar-refractivity contribution < 1.29 is 0 Å². The summed E-state index contributed by atoms with van der Waals surface area (Å²) < 4.78 is 0. The van der Waals surface area contributed by atoms with E-state index in [0.717, 1.165) is 0 Å². The van der Waals surface area contributed by atoms with E-state index in [2.05, 4.69) is 10.5 Å². The second-order valence-corrected chi connectivity index (χ2v) is 1.14. The van der Waals surface area contributed by atoms with Crippen LogP contribution in [0.3, 0.4) is 0 Å². The van der Waals surface area contributed by atoms with Gasteiger partial charge in [0.15, 0.2) is 0 Å². The lowest BCUT2D eigenvalue weighted by Crippen LogP contribution is -2.26. The van der Waals surface area contributed by atoms with Crippen LogP contribution in [0.1, 0.15) is 0 Å². The van der Waals surface area contributed by atoms with E-state index < -0.39 is 0 Å². The number of nitrogens with one attached hydrogen (secondary N) is 1. The van der Waals surface area contributed by atoms with Crippen molar-refractivity contribution in [3.05, 3.63) is 12.4 Å². The first-order valence-corrected chi connectivity index (χ1v) is 1.88. The third-order valence-electron chi connectivity index (χ3n) is 0.587. The lowest BCUT2D eigenvalue weighted by Gasteiger charge is -2.07. The van der Waals surface area contributed by atoms with Crippen molar-refractivity contribution in [3.63, 3.8) is 0 Å². The molecule has 10 heavy (non-hydrogen) atoms. The van der Waals surface area contributed by atoms with Crippen molar-refractivity contribution in [2.75, 3.05) is 0 Å². The van der Waals surface area contributed by atoms with Gasteiger partial charge in [-0.3, -0.25) is 10.4 Å². The Balaban J connectivity index is -0.000000163. The molecule has 0 amide bonds. The lowest BCUT2D eigenvalue weighted by molar-refractivity contribution is 0.588. The molecule has 0 atom stereocenters. The minimum absolute atomic E-state index is 0. The summed E-state index contributed by atoms with van der Waals surface area (Å²) in [5.74, 6) is 5.19. The standard InChI is InChI=1S/C3H6N4.3ClH/c4-7-2-1-5-6-3-7;;;/h1-3,5H,4H2;3*1H. The molecular formula is C3H9Cl3N4. The van der Waals surface area contributed by atoms with Crippen LogP contribution in [0.2, 0.25) is 0 Å². The molecule has 0 saturated heterocycles. The average molecular weight is 207 g/mol. The maximum atomic E-state index is 5.19. The van der Waals surface area contributed by atoms with Crippen LogP contribution >= 0.6 is 37.2 Å². The topological polar surface area (TPSA) is 53.6 Å². The molecule has 0 aromatic heterocycles. The van der Waals surface area contributed by atoms with Gasteiger partial charge in [-0.1, -0.05) is 0 Å². The Kier molecular flexibility index (Phi) is 14.5. The number of hydrogen-bond acceptors (Lipinski definition) is 4.